The zero-order valence-electron chi connectivity index (χ0n) is 15.1. The van der Waals surface area contributed by atoms with Gasteiger partial charge in [-0.1, -0.05) is 0 Å². The van der Waals surface area contributed by atoms with E-state index in [9.17, 15) is 71.1 Å². The highest BCUT2D eigenvalue weighted by Crippen LogP contribution is 2.63. The molecule has 0 amide bonds. The van der Waals surface area contributed by atoms with Gasteiger partial charge in [-0.3, -0.25) is 0 Å². The molecule has 1 saturated heterocycles. The Morgan fingerprint density at radius 3 is 1.64 bits per heavy atom. The number of piperazine rings is 1. The van der Waals surface area contributed by atoms with Crippen LogP contribution in [0.4, 0.5) is 61.5 Å². The average Bonchev–Trinajstić information content (AvgIpc) is 2.63. The number of nitrogens with zero attached hydrogens (tertiary/aromatic N) is 2. The molecule has 1 heterocycles. The molecule has 0 N–H and O–H groups in total. The van der Waals surface area contributed by atoms with E-state index >= 15 is 0 Å². The fourth-order valence-electron chi connectivity index (χ4n) is 2.34. The van der Waals surface area contributed by atoms with Crippen LogP contribution in [-0.4, -0.2) is 77.6 Å². The van der Waals surface area contributed by atoms with Gasteiger partial charge in [0.1, 0.15) is 6.26 Å². The van der Waals surface area contributed by atoms with E-state index < -0.39 is 64.6 Å². The molecule has 33 heavy (non-hydrogen) atoms. The van der Waals surface area contributed by atoms with Gasteiger partial charge in [0.15, 0.2) is 12.7 Å². The minimum atomic E-state index is -7.84. The fraction of sp³-hybridized carbons (Fsp3) is 0.692. The van der Waals surface area contributed by atoms with E-state index in [4.69, 9.17) is 0 Å². The Balaban J connectivity index is 3.91. The largest absolute Gasteiger partial charge is 0.476 e. The molecule has 1 rings (SSSR count). The maximum atomic E-state index is 14.2. The first-order valence-corrected chi connectivity index (χ1v) is 7.41. The van der Waals surface area contributed by atoms with Crippen LogP contribution >= 0.6 is 0 Å². The minimum absolute atomic E-state index is 0.246. The fourth-order valence-corrected chi connectivity index (χ4v) is 2.34. The molecule has 0 aliphatic carbocycles. The molecule has 0 aromatic heterocycles. The van der Waals surface area contributed by atoms with Gasteiger partial charge < -0.3 is 9.47 Å². The molecule has 6 nitrogen and oxygen atoms in total. The number of carbonyl (C=O) groups excluding carboxylic acids is 2. The van der Waals surface area contributed by atoms with Crippen LogP contribution in [0.1, 0.15) is 0 Å². The Hall–Kier alpha value is -2.56. The third-order valence-electron chi connectivity index (χ3n) is 3.92. The SMILES string of the molecule is COC(=O)C(F)(C(F)(F)F)C(F)(F)N1C(F)(F)C(F)(F)N(COC=C=C=O)C(F)(F)C1(F)F. The zero-order chi connectivity index (χ0) is 26.5. The molecule has 0 radical (unpaired) electrons. The maximum absolute atomic E-state index is 14.2. The number of hydrogen-bond acceptors (Lipinski definition) is 6. The lowest BCUT2D eigenvalue weighted by atomic mass is 9.98. The lowest BCUT2D eigenvalue weighted by molar-refractivity contribution is -0.551. The number of ether oxygens (including phenoxy) is 2. The van der Waals surface area contributed by atoms with E-state index in [0.717, 1.165) is 0 Å². The van der Waals surface area contributed by atoms with E-state index in [0.29, 0.717) is 5.94 Å². The van der Waals surface area contributed by atoms with Crippen LogP contribution in [0.15, 0.2) is 12.0 Å². The van der Waals surface area contributed by atoms with Crippen LogP contribution in [0.25, 0.3) is 0 Å². The molecule has 1 atom stereocenters. The second-order valence-electron chi connectivity index (χ2n) is 5.78. The first-order valence-electron chi connectivity index (χ1n) is 7.41. The van der Waals surface area contributed by atoms with Gasteiger partial charge in [-0.2, -0.15) is 57.1 Å². The topological polar surface area (TPSA) is 59.1 Å². The molecule has 0 saturated carbocycles. The van der Waals surface area contributed by atoms with E-state index in [2.05, 4.69) is 9.47 Å². The van der Waals surface area contributed by atoms with Gasteiger partial charge in [-0.25, -0.2) is 14.0 Å². The molecular formula is C13H6F14N2O4. The van der Waals surface area contributed by atoms with Crippen molar-refractivity contribution in [1.82, 2.24) is 9.80 Å². The van der Waals surface area contributed by atoms with Gasteiger partial charge in [-0.15, -0.1) is 9.80 Å². The van der Waals surface area contributed by atoms with Gasteiger partial charge in [0.05, 0.1) is 7.11 Å². The highest BCUT2D eigenvalue weighted by atomic mass is 19.4. The lowest BCUT2D eigenvalue weighted by Gasteiger charge is -2.55. The Labute approximate surface area is 171 Å². The summed E-state index contributed by atoms with van der Waals surface area (Å²) in [5.41, 5.74) is -6.10. The summed E-state index contributed by atoms with van der Waals surface area (Å²) in [6.07, 6.45) is -7.68. The standard InChI is InChI=1S/C13H6F14N2O4/c1-32-6(31)7(14,8(15,16)17)9(18,19)29-12(24,25)10(20,21)28(5-33-4-2-3-30)11(22,23)13(29,26)27/h4H,5H2,1H3. The Morgan fingerprint density at radius 1 is 0.879 bits per heavy atom. The number of halogens is 14. The predicted octanol–water partition coefficient (Wildman–Crippen LogP) is 3.49. The van der Waals surface area contributed by atoms with Crippen LogP contribution in [0.2, 0.25) is 0 Å². The third-order valence-corrected chi connectivity index (χ3v) is 3.92. The summed E-state index contributed by atoms with van der Waals surface area (Å²) in [5, 5.41) is 0. The predicted molar refractivity (Wildman–Crippen MR) is 70.1 cm³/mol. The molecule has 0 aromatic rings. The van der Waals surface area contributed by atoms with Gasteiger partial charge in [-0.05, 0) is 0 Å². The van der Waals surface area contributed by atoms with Crippen molar-refractivity contribution in [2.45, 2.75) is 42.1 Å². The second kappa shape index (κ2) is 8.03. The molecule has 1 aliphatic heterocycles. The first-order chi connectivity index (χ1) is 14.5. The second-order valence-corrected chi connectivity index (χ2v) is 5.78. The molecular weight excluding hydrogens is 514 g/mol. The van der Waals surface area contributed by atoms with Crippen LogP contribution in [-0.2, 0) is 19.1 Å². The highest BCUT2D eigenvalue weighted by molar-refractivity contribution is 5.82. The smallest absolute Gasteiger partial charge is 0.441 e. The summed E-state index contributed by atoms with van der Waals surface area (Å²) in [7, 11) is -0.269. The zero-order valence-corrected chi connectivity index (χ0v) is 15.1. The van der Waals surface area contributed by atoms with E-state index in [-0.39, 0.29) is 13.4 Å². The number of hydrogen-bond donors (Lipinski definition) is 0. The summed E-state index contributed by atoms with van der Waals surface area (Å²) < 4.78 is 200. The van der Waals surface area contributed by atoms with Crippen LogP contribution in [0, 0.1) is 0 Å². The van der Waals surface area contributed by atoms with Gasteiger partial charge in [0.2, 0.25) is 0 Å². The van der Waals surface area contributed by atoms with Crippen LogP contribution in [0.3, 0.4) is 0 Å². The van der Waals surface area contributed by atoms with Crippen molar-refractivity contribution >= 4 is 11.9 Å². The third kappa shape index (κ3) is 3.70. The molecule has 190 valence electrons. The number of rotatable bonds is 6. The highest BCUT2D eigenvalue weighted by Gasteiger charge is 2.94. The van der Waals surface area contributed by atoms with Crippen molar-refractivity contribution in [2.75, 3.05) is 13.8 Å². The van der Waals surface area contributed by atoms with Crippen molar-refractivity contribution in [2.24, 2.45) is 0 Å². The monoisotopic (exact) mass is 520 g/mol. The maximum Gasteiger partial charge on any atom is 0.441 e. The van der Waals surface area contributed by atoms with Gasteiger partial charge in [0.25, 0.3) is 0 Å². The quantitative estimate of drug-likeness (QED) is 0.134. The summed E-state index contributed by atoms with van der Waals surface area (Å²) >= 11 is 0. The van der Waals surface area contributed by atoms with Gasteiger partial charge in [0, 0.05) is 5.73 Å². The molecule has 20 heteroatoms. The molecule has 1 fully saturated rings. The Bertz CT molecular complexity index is 834. The van der Waals surface area contributed by atoms with Gasteiger partial charge >= 0.3 is 48.0 Å². The van der Waals surface area contributed by atoms with E-state index in [1.54, 1.807) is 0 Å². The number of alkyl halides is 14. The number of esters is 1. The Morgan fingerprint density at radius 2 is 1.30 bits per heavy atom. The van der Waals surface area contributed by atoms with Crippen LogP contribution in [0.5, 0.6) is 0 Å². The Kier molecular flexibility index (Phi) is 6.93. The van der Waals surface area contributed by atoms with Crippen molar-refractivity contribution < 1.29 is 80.5 Å². The molecule has 1 unspecified atom stereocenters. The molecule has 0 aromatic carbocycles. The molecule has 0 bridgehead atoms. The lowest BCUT2D eigenvalue weighted by Crippen LogP contribution is -2.86. The normalized spacial score (nSPS) is 24.1. The number of carbonyl (C=O) groups is 1. The van der Waals surface area contributed by atoms with Crippen molar-refractivity contribution in [3.63, 3.8) is 0 Å². The molecule has 1 aliphatic rings. The average molecular weight is 520 g/mol. The van der Waals surface area contributed by atoms with Crippen LogP contribution < -0.4 is 0 Å². The van der Waals surface area contributed by atoms with E-state index in [1.807, 2.05) is 0 Å². The molecule has 0 spiro atoms. The van der Waals surface area contributed by atoms with E-state index in [1.165, 1.54) is 5.73 Å². The number of methoxy groups -OCH3 is 1. The summed E-state index contributed by atoms with van der Waals surface area (Å²) in [6, 6.07) is -36.7. The van der Waals surface area contributed by atoms with Crippen molar-refractivity contribution in [1.29, 1.82) is 0 Å². The summed E-state index contributed by atoms with van der Waals surface area (Å²) in [5.74, 6) is -3.22. The summed E-state index contributed by atoms with van der Waals surface area (Å²) in [6.45, 7) is -2.73. The minimum Gasteiger partial charge on any atom is -0.476 e. The van der Waals surface area contributed by atoms with Crippen molar-refractivity contribution in [3.05, 3.63) is 12.0 Å². The summed E-state index contributed by atoms with van der Waals surface area (Å²) in [4.78, 5) is 14.2. The first kappa shape index (κ1) is 28.5. The van der Waals surface area contributed by atoms with Crippen molar-refractivity contribution in [3.8, 4) is 0 Å².